The first kappa shape index (κ1) is 13.1. The number of hydrogen-bond donors (Lipinski definition) is 3. The van der Waals surface area contributed by atoms with Crippen LogP contribution in [0.15, 0.2) is 0 Å². The first-order valence-electron chi connectivity index (χ1n) is 6.52. The second-order valence-corrected chi connectivity index (χ2v) is 5.08. The normalized spacial score (nSPS) is 23.6. The van der Waals surface area contributed by atoms with Crippen LogP contribution in [0.3, 0.4) is 0 Å². The largest absolute Gasteiger partial charge is 0.480 e. The number of carbonyl (C=O) groups excluding carboxylic acids is 1. The van der Waals surface area contributed by atoms with Crippen molar-refractivity contribution in [3.8, 4) is 0 Å². The fraction of sp³-hybridized carbons (Fsp3) is 0.833. The Hall–Kier alpha value is -1.30. The number of ether oxygens (including phenoxy) is 1. The number of rotatable bonds is 3. The molecule has 0 spiro atoms. The molecule has 2 amide bonds. The van der Waals surface area contributed by atoms with Gasteiger partial charge in [0.25, 0.3) is 0 Å². The Bertz CT molecular complexity index is 320. The highest BCUT2D eigenvalue weighted by Gasteiger charge is 2.41. The van der Waals surface area contributed by atoms with Gasteiger partial charge in [0.1, 0.15) is 5.54 Å². The standard InChI is InChI=1S/C12H20N2O4/c15-10(16)12(5-7-18-8-6-12)14-11(17)13-9-3-1-2-4-9/h9H,1-8H2,(H,15,16)(H2,13,14,17). The number of amides is 2. The van der Waals surface area contributed by atoms with Crippen molar-refractivity contribution in [2.75, 3.05) is 13.2 Å². The fourth-order valence-corrected chi connectivity index (χ4v) is 2.62. The van der Waals surface area contributed by atoms with E-state index in [0.29, 0.717) is 26.1 Å². The van der Waals surface area contributed by atoms with E-state index in [9.17, 15) is 14.7 Å². The van der Waals surface area contributed by atoms with Gasteiger partial charge < -0.3 is 20.5 Å². The van der Waals surface area contributed by atoms with Crippen molar-refractivity contribution >= 4 is 12.0 Å². The van der Waals surface area contributed by atoms with E-state index in [1.807, 2.05) is 0 Å². The van der Waals surface area contributed by atoms with E-state index >= 15 is 0 Å². The van der Waals surface area contributed by atoms with E-state index in [1.165, 1.54) is 0 Å². The van der Waals surface area contributed by atoms with Crippen molar-refractivity contribution in [3.63, 3.8) is 0 Å². The van der Waals surface area contributed by atoms with Crippen molar-refractivity contribution < 1.29 is 19.4 Å². The maximum atomic E-state index is 11.9. The molecule has 3 N–H and O–H groups in total. The Balaban J connectivity index is 1.91. The Morgan fingerprint density at radius 1 is 1.17 bits per heavy atom. The number of nitrogens with one attached hydrogen (secondary N) is 2. The molecule has 1 aliphatic carbocycles. The lowest BCUT2D eigenvalue weighted by Crippen LogP contribution is -2.60. The van der Waals surface area contributed by atoms with Crippen LogP contribution in [-0.2, 0) is 9.53 Å². The molecule has 102 valence electrons. The average Bonchev–Trinajstić information content (AvgIpc) is 2.82. The van der Waals surface area contributed by atoms with Crippen LogP contribution in [0.25, 0.3) is 0 Å². The quantitative estimate of drug-likeness (QED) is 0.699. The molecule has 0 bridgehead atoms. The fourth-order valence-electron chi connectivity index (χ4n) is 2.62. The van der Waals surface area contributed by atoms with Gasteiger partial charge in [0.2, 0.25) is 0 Å². The number of hydrogen-bond acceptors (Lipinski definition) is 3. The molecule has 0 unspecified atom stereocenters. The molecule has 0 aromatic rings. The van der Waals surface area contributed by atoms with Gasteiger partial charge in [-0.2, -0.15) is 0 Å². The number of carbonyl (C=O) groups is 2. The minimum absolute atomic E-state index is 0.190. The van der Waals surface area contributed by atoms with Crippen molar-refractivity contribution in [2.24, 2.45) is 0 Å². The topological polar surface area (TPSA) is 87.7 Å². The summed E-state index contributed by atoms with van der Waals surface area (Å²) in [7, 11) is 0. The average molecular weight is 256 g/mol. The van der Waals surface area contributed by atoms with Gasteiger partial charge in [-0.1, -0.05) is 12.8 Å². The molecular weight excluding hydrogens is 236 g/mol. The highest BCUT2D eigenvalue weighted by molar-refractivity contribution is 5.86. The lowest BCUT2D eigenvalue weighted by atomic mass is 9.90. The van der Waals surface area contributed by atoms with Gasteiger partial charge in [-0.3, -0.25) is 0 Å². The van der Waals surface area contributed by atoms with E-state index < -0.39 is 11.5 Å². The monoisotopic (exact) mass is 256 g/mol. The molecule has 6 nitrogen and oxygen atoms in total. The maximum Gasteiger partial charge on any atom is 0.329 e. The molecule has 1 saturated carbocycles. The zero-order valence-electron chi connectivity index (χ0n) is 10.4. The molecule has 0 aromatic carbocycles. The summed E-state index contributed by atoms with van der Waals surface area (Å²) in [4.78, 5) is 23.2. The Labute approximate surface area is 106 Å². The Kier molecular flexibility index (Phi) is 4.06. The zero-order valence-corrected chi connectivity index (χ0v) is 10.4. The van der Waals surface area contributed by atoms with Gasteiger partial charge in [0.05, 0.1) is 0 Å². The third-order valence-corrected chi connectivity index (χ3v) is 3.80. The summed E-state index contributed by atoms with van der Waals surface area (Å²) in [6.45, 7) is 0.742. The van der Waals surface area contributed by atoms with E-state index in [4.69, 9.17) is 4.74 Å². The van der Waals surface area contributed by atoms with Crippen molar-refractivity contribution in [3.05, 3.63) is 0 Å². The summed E-state index contributed by atoms with van der Waals surface area (Å²) >= 11 is 0. The van der Waals surface area contributed by atoms with Gasteiger partial charge in [0, 0.05) is 32.1 Å². The maximum absolute atomic E-state index is 11.9. The van der Waals surface area contributed by atoms with E-state index in [-0.39, 0.29) is 12.1 Å². The lowest BCUT2D eigenvalue weighted by Gasteiger charge is -2.34. The van der Waals surface area contributed by atoms with Crippen molar-refractivity contribution in [2.45, 2.75) is 50.1 Å². The number of carboxylic acid groups (broad SMARTS) is 1. The van der Waals surface area contributed by atoms with Crippen LogP contribution in [0, 0.1) is 0 Å². The smallest absolute Gasteiger partial charge is 0.329 e. The highest BCUT2D eigenvalue weighted by atomic mass is 16.5. The van der Waals surface area contributed by atoms with Crippen molar-refractivity contribution in [1.82, 2.24) is 10.6 Å². The molecule has 2 aliphatic rings. The summed E-state index contributed by atoms with van der Waals surface area (Å²) in [5.41, 5.74) is -1.17. The zero-order chi connectivity index (χ0) is 13.0. The lowest BCUT2D eigenvalue weighted by molar-refractivity contribution is -0.148. The molecule has 18 heavy (non-hydrogen) atoms. The summed E-state index contributed by atoms with van der Waals surface area (Å²) in [6, 6.07) is -0.179. The van der Waals surface area contributed by atoms with Gasteiger partial charge >= 0.3 is 12.0 Å². The highest BCUT2D eigenvalue weighted by Crippen LogP contribution is 2.22. The second-order valence-electron chi connectivity index (χ2n) is 5.08. The summed E-state index contributed by atoms with van der Waals surface area (Å²) < 4.78 is 5.15. The molecular formula is C12H20N2O4. The van der Waals surface area contributed by atoms with Gasteiger partial charge in [0.15, 0.2) is 0 Å². The van der Waals surface area contributed by atoms with Gasteiger partial charge in [-0.25, -0.2) is 9.59 Å². The third-order valence-electron chi connectivity index (χ3n) is 3.80. The van der Waals surface area contributed by atoms with Gasteiger partial charge in [-0.05, 0) is 12.8 Å². The van der Waals surface area contributed by atoms with E-state index in [0.717, 1.165) is 25.7 Å². The number of aliphatic carboxylic acids is 1. The minimum atomic E-state index is -1.17. The number of carboxylic acids is 1. The van der Waals surface area contributed by atoms with E-state index in [2.05, 4.69) is 10.6 Å². The molecule has 1 aliphatic heterocycles. The molecule has 0 radical (unpaired) electrons. The molecule has 0 aromatic heterocycles. The first-order chi connectivity index (χ1) is 8.62. The Morgan fingerprint density at radius 2 is 1.78 bits per heavy atom. The second kappa shape index (κ2) is 5.56. The third kappa shape index (κ3) is 2.93. The summed E-state index contributed by atoms with van der Waals surface area (Å²) in [6.07, 6.45) is 4.86. The Morgan fingerprint density at radius 3 is 2.33 bits per heavy atom. The number of urea groups is 1. The van der Waals surface area contributed by atoms with Crippen LogP contribution in [-0.4, -0.2) is 41.9 Å². The van der Waals surface area contributed by atoms with Crippen LogP contribution >= 0.6 is 0 Å². The predicted molar refractivity (Wildman–Crippen MR) is 64.3 cm³/mol. The minimum Gasteiger partial charge on any atom is -0.480 e. The first-order valence-corrected chi connectivity index (χ1v) is 6.52. The molecule has 1 saturated heterocycles. The van der Waals surface area contributed by atoms with E-state index in [1.54, 1.807) is 0 Å². The summed E-state index contributed by atoms with van der Waals surface area (Å²) in [5, 5.41) is 14.8. The van der Waals surface area contributed by atoms with Crippen molar-refractivity contribution in [1.29, 1.82) is 0 Å². The van der Waals surface area contributed by atoms with Crippen LogP contribution < -0.4 is 10.6 Å². The van der Waals surface area contributed by atoms with Crippen LogP contribution in [0.4, 0.5) is 4.79 Å². The SMILES string of the molecule is O=C(NC1CCCC1)NC1(C(=O)O)CCOCC1. The van der Waals surface area contributed by atoms with Crippen LogP contribution in [0.2, 0.25) is 0 Å². The molecule has 2 fully saturated rings. The molecule has 1 heterocycles. The van der Waals surface area contributed by atoms with Crippen LogP contribution in [0.5, 0.6) is 0 Å². The molecule has 2 rings (SSSR count). The molecule has 0 atom stereocenters. The summed E-state index contributed by atoms with van der Waals surface area (Å²) in [5.74, 6) is -0.979. The van der Waals surface area contributed by atoms with Crippen LogP contribution in [0.1, 0.15) is 38.5 Å². The van der Waals surface area contributed by atoms with Gasteiger partial charge in [-0.15, -0.1) is 0 Å². The predicted octanol–water partition coefficient (Wildman–Crippen LogP) is 0.862. The molecule has 6 heteroatoms.